The average molecular weight is 588 g/mol. The maximum Gasteiger partial charge on any atom is 0.234 e. The average Bonchev–Trinajstić information content (AvgIpc) is 3.06. The fourth-order valence-corrected chi connectivity index (χ4v) is 8.83. The molecule has 0 aliphatic carbocycles. The van der Waals surface area contributed by atoms with Crippen molar-refractivity contribution < 1.29 is 9.13 Å². The highest BCUT2D eigenvalue weighted by atomic mass is 31.2. The second-order valence-corrected chi connectivity index (χ2v) is 14.4. The first-order valence-electron chi connectivity index (χ1n) is 13.4. The minimum atomic E-state index is -3.44. The van der Waals surface area contributed by atoms with Crippen LogP contribution in [-0.2, 0) is 9.13 Å². The van der Waals surface area contributed by atoms with E-state index < -0.39 is 14.6 Å². The van der Waals surface area contributed by atoms with Crippen molar-refractivity contribution in [2.75, 3.05) is 10.2 Å². The maximum absolute atomic E-state index is 14.8. The zero-order valence-electron chi connectivity index (χ0n) is 22.5. The standard InChI is InChI=1S/C33H27N5O2P2/c39-41(27-18-8-2-9-19-27,28-20-10-3-11-21-28)37-32-34-31(26-16-6-1-7-17-26)35-33(36-32)38-42(40,29-22-12-4-13-23-29)30-24-14-5-15-25-30/h1-25H,(H2,34,35,36,37,38,39,40). The smallest absolute Gasteiger partial charge is 0.234 e. The minimum absolute atomic E-state index is 0.0927. The van der Waals surface area contributed by atoms with Gasteiger partial charge in [0.25, 0.3) is 0 Å². The third-order valence-corrected chi connectivity index (χ3v) is 11.8. The number of benzene rings is 5. The summed E-state index contributed by atoms with van der Waals surface area (Å²) in [4.78, 5) is 14.0. The monoisotopic (exact) mass is 587 g/mol. The molecule has 0 atom stereocenters. The van der Waals surface area contributed by atoms with E-state index in [9.17, 15) is 9.13 Å². The van der Waals surface area contributed by atoms with Crippen molar-refractivity contribution >= 4 is 47.7 Å². The van der Waals surface area contributed by atoms with Crippen LogP contribution < -0.4 is 31.4 Å². The number of anilines is 2. The molecule has 0 fully saturated rings. The van der Waals surface area contributed by atoms with E-state index in [1.165, 1.54) is 0 Å². The third kappa shape index (κ3) is 5.66. The molecule has 6 aromatic rings. The molecule has 6 rings (SSSR count). The maximum atomic E-state index is 14.8. The lowest BCUT2D eigenvalue weighted by atomic mass is 10.2. The number of nitrogens with one attached hydrogen (secondary N) is 2. The van der Waals surface area contributed by atoms with Crippen molar-refractivity contribution in [3.63, 3.8) is 0 Å². The van der Waals surface area contributed by atoms with Crippen LogP contribution in [0.4, 0.5) is 11.9 Å². The molecular weight excluding hydrogens is 560 g/mol. The van der Waals surface area contributed by atoms with Crippen molar-refractivity contribution in [2.45, 2.75) is 0 Å². The largest absolute Gasteiger partial charge is 0.298 e. The predicted molar refractivity (Wildman–Crippen MR) is 172 cm³/mol. The van der Waals surface area contributed by atoms with Gasteiger partial charge in [0.2, 0.25) is 26.5 Å². The fraction of sp³-hybridized carbons (Fsp3) is 0. The molecule has 42 heavy (non-hydrogen) atoms. The van der Waals surface area contributed by atoms with Crippen LogP contribution >= 0.6 is 14.6 Å². The Labute approximate surface area is 244 Å². The van der Waals surface area contributed by atoms with Crippen molar-refractivity contribution in [1.82, 2.24) is 15.0 Å². The van der Waals surface area contributed by atoms with Gasteiger partial charge in [-0.3, -0.25) is 19.3 Å². The second kappa shape index (κ2) is 12.0. The number of hydrogen-bond donors (Lipinski definition) is 2. The Bertz CT molecular complexity index is 1670. The molecule has 206 valence electrons. The Hall–Kier alpha value is -4.83. The molecule has 0 aliphatic heterocycles. The van der Waals surface area contributed by atoms with Crippen LogP contribution in [0.2, 0.25) is 0 Å². The van der Waals surface area contributed by atoms with Gasteiger partial charge in [0, 0.05) is 26.8 Å². The Kier molecular flexibility index (Phi) is 7.78. The van der Waals surface area contributed by atoms with Crippen LogP contribution in [0.1, 0.15) is 0 Å². The first-order chi connectivity index (χ1) is 20.5. The van der Waals surface area contributed by atoms with Crippen molar-refractivity contribution in [3.05, 3.63) is 152 Å². The van der Waals surface area contributed by atoms with E-state index in [1.807, 2.05) is 152 Å². The quantitative estimate of drug-likeness (QED) is 0.194. The Morgan fingerprint density at radius 1 is 0.381 bits per heavy atom. The Morgan fingerprint density at radius 2 is 0.667 bits per heavy atom. The van der Waals surface area contributed by atoms with E-state index >= 15 is 0 Å². The molecule has 1 aromatic heterocycles. The van der Waals surface area contributed by atoms with Crippen LogP contribution in [0.5, 0.6) is 0 Å². The highest BCUT2D eigenvalue weighted by molar-refractivity contribution is 7.80. The van der Waals surface area contributed by atoms with Crippen LogP contribution in [0, 0.1) is 0 Å². The third-order valence-electron chi connectivity index (χ3n) is 6.66. The van der Waals surface area contributed by atoms with Gasteiger partial charge in [-0.05, 0) is 48.5 Å². The number of aromatic nitrogens is 3. The van der Waals surface area contributed by atoms with Gasteiger partial charge in [0.15, 0.2) is 5.82 Å². The zero-order chi connectivity index (χ0) is 28.8. The molecule has 9 heteroatoms. The highest BCUT2D eigenvalue weighted by Crippen LogP contribution is 2.45. The summed E-state index contributed by atoms with van der Waals surface area (Å²) in [6.07, 6.45) is 0. The van der Waals surface area contributed by atoms with Crippen LogP contribution in [-0.4, -0.2) is 15.0 Å². The van der Waals surface area contributed by atoms with Crippen molar-refractivity contribution in [2.24, 2.45) is 0 Å². The SMILES string of the molecule is O=P(Nc1nc(NP(=O)(c2ccccc2)c2ccccc2)nc(-c2ccccc2)n1)(c1ccccc1)c1ccccc1. The molecule has 0 amide bonds. The van der Waals surface area contributed by atoms with Crippen LogP contribution in [0.3, 0.4) is 0 Å². The van der Waals surface area contributed by atoms with E-state index in [1.54, 1.807) is 0 Å². The van der Waals surface area contributed by atoms with E-state index in [2.05, 4.69) is 25.1 Å². The van der Waals surface area contributed by atoms with Gasteiger partial charge < -0.3 is 0 Å². The summed E-state index contributed by atoms with van der Waals surface area (Å²) in [5, 5.41) is 8.75. The molecule has 0 saturated heterocycles. The van der Waals surface area contributed by atoms with Crippen LogP contribution in [0.15, 0.2) is 152 Å². The lowest BCUT2D eigenvalue weighted by molar-refractivity contribution is 0.589. The molecule has 2 N–H and O–H groups in total. The van der Waals surface area contributed by atoms with Crippen molar-refractivity contribution in [1.29, 1.82) is 0 Å². The molecule has 5 aromatic carbocycles. The number of hydrogen-bond acceptors (Lipinski definition) is 5. The summed E-state index contributed by atoms with van der Waals surface area (Å²) in [5.41, 5.74) is 0.731. The van der Waals surface area contributed by atoms with Crippen LogP contribution in [0.25, 0.3) is 11.4 Å². The normalized spacial score (nSPS) is 11.5. The fourth-order valence-electron chi connectivity index (χ4n) is 4.58. The number of nitrogens with zero attached hydrogens (tertiary/aromatic N) is 3. The Balaban J connectivity index is 1.50. The zero-order valence-corrected chi connectivity index (χ0v) is 24.3. The summed E-state index contributed by atoms with van der Waals surface area (Å²) in [6.45, 7) is 0. The highest BCUT2D eigenvalue weighted by Gasteiger charge is 2.31. The second-order valence-electron chi connectivity index (χ2n) is 9.46. The first kappa shape index (κ1) is 27.3. The van der Waals surface area contributed by atoms with Gasteiger partial charge in [-0.25, -0.2) is 0 Å². The molecular formula is C33H27N5O2P2. The molecule has 7 nitrogen and oxygen atoms in total. The van der Waals surface area contributed by atoms with Gasteiger partial charge in [0.05, 0.1) is 0 Å². The van der Waals surface area contributed by atoms with Gasteiger partial charge in [-0.2, -0.15) is 15.0 Å². The van der Waals surface area contributed by atoms with Crippen molar-refractivity contribution in [3.8, 4) is 11.4 Å². The van der Waals surface area contributed by atoms with E-state index in [0.29, 0.717) is 27.0 Å². The summed E-state index contributed by atoms with van der Waals surface area (Å²) in [7, 11) is -6.89. The number of rotatable bonds is 9. The molecule has 0 saturated carbocycles. The van der Waals surface area contributed by atoms with E-state index in [4.69, 9.17) is 0 Å². The molecule has 0 unspecified atom stereocenters. The summed E-state index contributed by atoms with van der Waals surface area (Å²) in [5.74, 6) is 0.529. The predicted octanol–water partition coefficient (Wildman–Crippen LogP) is 6.22. The summed E-state index contributed by atoms with van der Waals surface area (Å²) < 4.78 is 29.6. The molecule has 0 aliphatic rings. The van der Waals surface area contributed by atoms with Gasteiger partial charge in [-0.15, -0.1) is 0 Å². The molecule has 0 radical (unpaired) electrons. The Morgan fingerprint density at radius 3 is 0.976 bits per heavy atom. The van der Waals surface area contributed by atoms with E-state index in [-0.39, 0.29) is 11.9 Å². The topological polar surface area (TPSA) is 96.9 Å². The molecule has 1 heterocycles. The minimum Gasteiger partial charge on any atom is -0.298 e. The molecule has 0 spiro atoms. The summed E-state index contributed by atoms with van der Waals surface area (Å²) in [6, 6.07) is 46.2. The first-order valence-corrected chi connectivity index (χ1v) is 16.8. The van der Waals surface area contributed by atoms with Gasteiger partial charge >= 0.3 is 0 Å². The summed E-state index contributed by atoms with van der Waals surface area (Å²) >= 11 is 0. The lowest BCUT2D eigenvalue weighted by Crippen LogP contribution is -2.24. The molecule has 0 bridgehead atoms. The van der Waals surface area contributed by atoms with Gasteiger partial charge in [-0.1, -0.05) is 103 Å². The van der Waals surface area contributed by atoms with E-state index in [0.717, 1.165) is 5.56 Å². The van der Waals surface area contributed by atoms with Gasteiger partial charge in [0.1, 0.15) is 0 Å². The lowest BCUT2D eigenvalue weighted by Gasteiger charge is -2.23.